The molecule has 5 heteroatoms. The molecule has 0 saturated heterocycles. The van der Waals surface area contributed by atoms with Gasteiger partial charge in [-0.2, -0.15) is 0 Å². The van der Waals surface area contributed by atoms with Crippen molar-refractivity contribution in [1.82, 2.24) is 10.0 Å². The van der Waals surface area contributed by atoms with Gasteiger partial charge in [0.25, 0.3) is 0 Å². The third-order valence-electron chi connectivity index (χ3n) is 2.53. The van der Waals surface area contributed by atoms with Crippen molar-refractivity contribution in [2.75, 3.05) is 19.3 Å². The Kier molecular flexibility index (Phi) is 4.34. The molecule has 1 rings (SSSR count). The summed E-state index contributed by atoms with van der Waals surface area (Å²) in [6, 6.07) is 0.120. The Morgan fingerprint density at radius 2 is 2.07 bits per heavy atom. The smallest absolute Gasteiger partial charge is 0.211 e. The van der Waals surface area contributed by atoms with E-state index < -0.39 is 10.0 Å². The van der Waals surface area contributed by atoms with Crippen LogP contribution >= 0.6 is 0 Å². The standard InChI is InChI=1S/C9H20N2O2S/c1-8(9-4-5-9)11-14(12,13)7-3-6-10-2/h8-11H,3-7H2,1-2H3. The van der Waals surface area contributed by atoms with Gasteiger partial charge in [0, 0.05) is 6.04 Å². The molecule has 14 heavy (non-hydrogen) atoms. The zero-order valence-corrected chi connectivity index (χ0v) is 9.73. The van der Waals surface area contributed by atoms with E-state index in [1.807, 2.05) is 14.0 Å². The van der Waals surface area contributed by atoms with Crippen molar-refractivity contribution >= 4 is 10.0 Å². The van der Waals surface area contributed by atoms with Crippen LogP contribution in [0.2, 0.25) is 0 Å². The summed E-state index contributed by atoms with van der Waals surface area (Å²) in [6.07, 6.45) is 3.00. The Morgan fingerprint density at radius 1 is 1.43 bits per heavy atom. The lowest BCUT2D eigenvalue weighted by molar-refractivity contribution is 0.535. The van der Waals surface area contributed by atoms with Crippen molar-refractivity contribution < 1.29 is 8.42 Å². The second kappa shape index (κ2) is 5.09. The van der Waals surface area contributed by atoms with E-state index in [9.17, 15) is 8.42 Å². The van der Waals surface area contributed by atoms with Crippen LogP contribution in [-0.4, -0.2) is 33.8 Å². The quantitative estimate of drug-likeness (QED) is 0.607. The van der Waals surface area contributed by atoms with E-state index in [1.54, 1.807) is 0 Å². The summed E-state index contributed by atoms with van der Waals surface area (Å²) in [7, 11) is -1.22. The predicted molar refractivity (Wildman–Crippen MR) is 57.7 cm³/mol. The molecule has 1 atom stereocenters. The summed E-state index contributed by atoms with van der Waals surface area (Å²) < 4.78 is 25.7. The lowest BCUT2D eigenvalue weighted by Crippen LogP contribution is -2.36. The van der Waals surface area contributed by atoms with Crippen LogP contribution in [0.25, 0.3) is 0 Å². The Bertz CT molecular complexity index is 260. The number of rotatable bonds is 7. The largest absolute Gasteiger partial charge is 0.320 e. The van der Waals surface area contributed by atoms with Gasteiger partial charge in [-0.15, -0.1) is 0 Å². The molecule has 84 valence electrons. The average Bonchev–Trinajstić information content (AvgIpc) is 2.85. The zero-order valence-electron chi connectivity index (χ0n) is 8.91. The molecule has 1 saturated carbocycles. The van der Waals surface area contributed by atoms with Crippen LogP contribution in [0.5, 0.6) is 0 Å². The van der Waals surface area contributed by atoms with Gasteiger partial charge in [0.1, 0.15) is 0 Å². The molecule has 0 amide bonds. The Balaban J connectivity index is 2.25. The maximum absolute atomic E-state index is 11.5. The molecule has 1 aliphatic rings. The summed E-state index contributed by atoms with van der Waals surface area (Å²) in [4.78, 5) is 0. The molecule has 0 aromatic heterocycles. The van der Waals surface area contributed by atoms with Crippen LogP contribution < -0.4 is 10.0 Å². The van der Waals surface area contributed by atoms with Crippen LogP contribution in [0.3, 0.4) is 0 Å². The van der Waals surface area contributed by atoms with Gasteiger partial charge in [0.05, 0.1) is 5.75 Å². The zero-order chi connectivity index (χ0) is 10.6. The summed E-state index contributed by atoms with van der Waals surface area (Å²) in [5.74, 6) is 0.805. The van der Waals surface area contributed by atoms with Gasteiger partial charge in [-0.1, -0.05) is 0 Å². The Morgan fingerprint density at radius 3 is 2.57 bits per heavy atom. The minimum atomic E-state index is -3.05. The summed E-state index contributed by atoms with van der Waals surface area (Å²) in [6.45, 7) is 2.70. The average molecular weight is 220 g/mol. The summed E-state index contributed by atoms with van der Waals surface area (Å²) >= 11 is 0. The topological polar surface area (TPSA) is 58.2 Å². The number of hydrogen-bond donors (Lipinski definition) is 2. The first-order valence-electron chi connectivity index (χ1n) is 5.20. The lowest BCUT2D eigenvalue weighted by atomic mass is 10.2. The second-order valence-corrected chi connectivity index (χ2v) is 5.89. The molecule has 0 bridgehead atoms. The maximum Gasteiger partial charge on any atom is 0.211 e. The van der Waals surface area contributed by atoms with Gasteiger partial charge >= 0.3 is 0 Å². The van der Waals surface area contributed by atoms with Crippen LogP contribution in [-0.2, 0) is 10.0 Å². The van der Waals surface area contributed by atoms with Gasteiger partial charge in [-0.3, -0.25) is 0 Å². The minimum Gasteiger partial charge on any atom is -0.320 e. The van der Waals surface area contributed by atoms with Crippen molar-refractivity contribution in [3.8, 4) is 0 Å². The number of sulfonamides is 1. The first-order chi connectivity index (χ1) is 6.55. The lowest BCUT2D eigenvalue weighted by Gasteiger charge is -2.12. The fourth-order valence-corrected chi connectivity index (χ4v) is 2.87. The first kappa shape index (κ1) is 11.9. The molecule has 0 aromatic carbocycles. The molecule has 4 nitrogen and oxygen atoms in total. The minimum absolute atomic E-state index is 0.120. The summed E-state index contributed by atoms with van der Waals surface area (Å²) in [5.41, 5.74) is 0. The first-order valence-corrected chi connectivity index (χ1v) is 6.85. The van der Waals surface area contributed by atoms with E-state index in [0.717, 1.165) is 6.54 Å². The highest BCUT2D eigenvalue weighted by Crippen LogP contribution is 2.32. The van der Waals surface area contributed by atoms with Gasteiger partial charge in [-0.25, -0.2) is 13.1 Å². The highest BCUT2D eigenvalue weighted by atomic mass is 32.2. The highest BCUT2D eigenvalue weighted by Gasteiger charge is 2.30. The molecule has 0 radical (unpaired) electrons. The van der Waals surface area contributed by atoms with Gasteiger partial charge in [0.15, 0.2) is 0 Å². The van der Waals surface area contributed by atoms with Crippen LogP contribution in [0.1, 0.15) is 26.2 Å². The van der Waals surface area contributed by atoms with Crippen molar-refractivity contribution in [2.24, 2.45) is 5.92 Å². The second-order valence-electron chi connectivity index (χ2n) is 4.02. The molecular formula is C9H20N2O2S. The van der Waals surface area contributed by atoms with Crippen molar-refractivity contribution in [2.45, 2.75) is 32.2 Å². The van der Waals surface area contributed by atoms with Crippen molar-refractivity contribution in [3.05, 3.63) is 0 Å². The van der Waals surface area contributed by atoms with E-state index in [4.69, 9.17) is 0 Å². The Hall–Kier alpha value is -0.130. The fraction of sp³-hybridized carbons (Fsp3) is 1.00. The van der Waals surface area contributed by atoms with Crippen molar-refractivity contribution in [1.29, 1.82) is 0 Å². The van der Waals surface area contributed by atoms with Crippen LogP contribution in [0.4, 0.5) is 0 Å². The molecule has 0 heterocycles. The van der Waals surface area contributed by atoms with E-state index >= 15 is 0 Å². The highest BCUT2D eigenvalue weighted by molar-refractivity contribution is 7.89. The molecule has 0 aromatic rings. The molecular weight excluding hydrogens is 200 g/mol. The normalized spacial score (nSPS) is 19.6. The molecule has 0 spiro atoms. The van der Waals surface area contributed by atoms with Gasteiger partial charge in [-0.05, 0) is 45.7 Å². The number of nitrogens with one attached hydrogen (secondary N) is 2. The van der Waals surface area contributed by atoms with Gasteiger partial charge in [0.2, 0.25) is 10.0 Å². The molecule has 1 fully saturated rings. The van der Waals surface area contributed by atoms with Crippen molar-refractivity contribution in [3.63, 3.8) is 0 Å². The van der Waals surface area contributed by atoms with E-state index in [2.05, 4.69) is 10.0 Å². The monoisotopic (exact) mass is 220 g/mol. The fourth-order valence-electron chi connectivity index (χ4n) is 1.47. The van der Waals surface area contributed by atoms with E-state index in [0.29, 0.717) is 12.3 Å². The van der Waals surface area contributed by atoms with Gasteiger partial charge < -0.3 is 5.32 Å². The predicted octanol–water partition coefficient (Wildman–Crippen LogP) is 0.314. The third-order valence-corrected chi connectivity index (χ3v) is 4.09. The van der Waals surface area contributed by atoms with E-state index in [-0.39, 0.29) is 11.8 Å². The number of hydrogen-bond acceptors (Lipinski definition) is 3. The van der Waals surface area contributed by atoms with Crippen LogP contribution in [0.15, 0.2) is 0 Å². The molecule has 2 N–H and O–H groups in total. The SMILES string of the molecule is CNCCCS(=O)(=O)NC(C)C1CC1. The third kappa shape index (κ3) is 4.39. The molecule has 1 aliphatic carbocycles. The Labute approximate surface area is 86.5 Å². The van der Waals surface area contributed by atoms with Crippen LogP contribution in [0, 0.1) is 5.92 Å². The summed E-state index contributed by atoms with van der Waals surface area (Å²) in [5, 5.41) is 2.94. The van der Waals surface area contributed by atoms with E-state index in [1.165, 1.54) is 12.8 Å². The maximum atomic E-state index is 11.5. The molecule has 0 aliphatic heterocycles. The molecule has 1 unspecified atom stereocenters.